The summed E-state index contributed by atoms with van der Waals surface area (Å²) < 4.78 is 54.0. The van der Waals surface area contributed by atoms with Gasteiger partial charge in [0, 0.05) is 62.3 Å². The fourth-order valence-corrected chi connectivity index (χ4v) is 3.64. The molecule has 1 aliphatic rings. The molecule has 9 heteroatoms. The molecule has 1 aromatic carbocycles. The highest BCUT2D eigenvalue weighted by Gasteiger charge is 2.43. The van der Waals surface area contributed by atoms with Crippen molar-refractivity contribution in [3.63, 3.8) is 0 Å². The Kier molecular flexibility index (Phi) is 4.65. The molecule has 0 bridgehead atoms. The minimum absolute atomic E-state index is 0.129. The Morgan fingerprint density at radius 3 is 2.55 bits per heavy atom. The first kappa shape index (κ1) is 14.5. The van der Waals surface area contributed by atoms with Crippen molar-refractivity contribution in [2.24, 2.45) is 0 Å². The van der Waals surface area contributed by atoms with Crippen LogP contribution in [0.3, 0.4) is 0 Å². The Morgan fingerprint density at radius 1 is 1.21 bits per heavy atom. The molecule has 1 amide bonds. The normalized spacial score (nSPS) is 20.6. The minimum atomic E-state index is -2.82. The van der Waals surface area contributed by atoms with Gasteiger partial charge in [0.05, 0.1) is 10.7 Å². The van der Waals surface area contributed by atoms with Gasteiger partial charge in [-0.15, -0.1) is 0 Å². The van der Waals surface area contributed by atoms with Crippen molar-refractivity contribution in [3.05, 3.63) is 40.8 Å². The third-order valence-electron chi connectivity index (χ3n) is 5.27. The molecule has 1 aliphatic heterocycles. The molecule has 0 N–H and O–H groups in total. The number of piperidine rings is 1. The fourth-order valence-electron chi connectivity index (χ4n) is 3.64. The molecule has 9 nitrogen and oxygen atoms in total. The molecule has 0 radical (unpaired) electrons. The Bertz CT molecular complexity index is 1040. The highest BCUT2D eigenvalue weighted by atomic mass is 16.5. The third-order valence-corrected chi connectivity index (χ3v) is 5.27. The molecule has 0 saturated carbocycles. The van der Waals surface area contributed by atoms with Crippen LogP contribution in [0.4, 0.5) is 5.69 Å². The van der Waals surface area contributed by atoms with E-state index in [1.165, 1.54) is 14.3 Å². The molecule has 3 rings (SSSR count). The Morgan fingerprint density at radius 2 is 1.93 bits per heavy atom. The van der Waals surface area contributed by atoms with Gasteiger partial charge in [-0.3, -0.25) is 9.69 Å². The highest BCUT2D eigenvalue weighted by molar-refractivity contribution is 5.94. The van der Waals surface area contributed by atoms with Crippen LogP contribution in [0.1, 0.15) is 41.3 Å². The Labute approximate surface area is 179 Å². The zero-order valence-electron chi connectivity index (χ0n) is 22.5. The van der Waals surface area contributed by atoms with Crippen LogP contribution in [0.15, 0.2) is 35.1 Å². The molecule has 1 saturated heterocycles. The van der Waals surface area contributed by atoms with E-state index in [1.807, 2.05) is 4.90 Å². The number of ether oxygens (including phenoxy) is 1. The van der Waals surface area contributed by atoms with E-state index in [-0.39, 0.29) is 18.5 Å². The second kappa shape index (κ2) is 9.32. The van der Waals surface area contributed by atoms with Crippen LogP contribution in [-0.2, 0) is 22.6 Å². The van der Waals surface area contributed by atoms with E-state index in [9.17, 15) is 9.59 Å². The van der Waals surface area contributed by atoms with E-state index in [4.69, 9.17) is 13.0 Å². The number of para-hydroxylation sites is 1. The van der Waals surface area contributed by atoms with Gasteiger partial charge in [0.2, 0.25) is 5.91 Å². The molecule has 0 unspecified atom stereocenters. The summed E-state index contributed by atoms with van der Waals surface area (Å²) in [6.07, 6.45) is -0.499. The van der Waals surface area contributed by atoms with Gasteiger partial charge in [0.25, 0.3) is 0 Å². The molecule has 1 fully saturated rings. The van der Waals surface area contributed by atoms with E-state index < -0.39 is 31.9 Å². The van der Waals surface area contributed by atoms with Crippen LogP contribution in [0.25, 0.3) is 0 Å². The number of amides is 1. The third kappa shape index (κ3) is 4.40. The SMILES string of the molecule is [2H]C([2H])([2H])CC(=O)N(c1ccccc1)C1(OC([2H])([2H])[2H])CCN(CCn2nnn(CC)c2=O)CC1. The van der Waals surface area contributed by atoms with E-state index in [0.717, 1.165) is 0 Å². The lowest BCUT2D eigenvalue weighted by Gasteiger charge is -2.47. The van der Waals surface area contributed by atoms with Crippen LogP contribution < -0.4 is 10.6 Å². The molecule has 29 heavy (non-hydrogen) atoms. The summed E-state index contributed by atoms with van der Waals surface area (Å²) in [5, 5.41) is 7.65. The second-order valence-electron chi connectivity index (χ2n) is 6.93. The van der Waals surface area contributed by atoms with Crippen LogP contribution >= 0.6 is 0 Å². The van der Waals surface area contributed by atoms with Crippen molar-refractivity contribution < 1.29 is 17.8 Å². The average molecular weight is 409 g/mol. The first-order valence-electron chi connectivity index (χ1n) is 12.6. The highest BCUT2D eigenvalue weighted by Crippen LogP contribution is 2.34. The maximum atomic E-state index is 13.2. The first-order chi connectivity index (χ1) is 16.3. The number of rotatable bonds is 8. The minimum Gasteiger partial charge on any atom is -0.358 e. The van der Waals surface area contributed by atoms with E-state index in [2.05, 4.69) is 10.4 Å². The molecule has 2 heterocycles. The van der Waals surface area contributed by atoms with E-state index >= 15 is 0 Å². The van der Waals surface area contributed by atoms with Gasteiger partial charge in [0.15, 0.2) is 0 Å². The maximum Gasteiger partial charge on any atom is 0.363 e. The summed E-state index contributed by atoms with van der Waals surface area (Å²) in [5.41, 5.74) is -1.51. The average Bonchev–Trinajstić information content (AvgIpc) is 3.11. The van der Waals surface area contributed by atoms with E-state index in [0.29, 0.717) is 38.4 Å². The number of tetrazole rings is 1. The number of nitrogens with zero attached hydrogens (tertiary/aromatic N) is 6. The molecule has 158 valence electrons. The number of methoxy groups -OCH3 is 1. The lowest BCUT2D eigenvalue weighted by atomic mass is 9.96. The summed E-state index contributed by atoms with van der Waals surface area (Å²) in [4.78, 5) is 28.6. The predicted molar refractivity (Wildman–Crippen MR) is 110 cm³/mol. The number of hydrogen-bond donors (Lipinski definition) is 0. The monoisotopic (exact) mass is 408 g/mol. The van der Waals surface area contributed by atoms with Crippen LogP contribution in [0.2, 0.25) is 0 Å². The number of anilines is 1. The number of likely N-dealkylation sites (tertiary alicyclic amines) is 1. The number of carbonyl (C=O) groups excluding carboxylic acids is 1. The lowest BCUT2D eigenvalue weighted by molar-refractivity contribution is -0.128. The summed E-state index contributed by atoms with van der Waals surface area (Å²) >= 11 is 0. The topological polar surface area (TPSA) is 85.5 Å². The summed E-state index contributed by atoms with van der Waals surface area (Å²) in [6, 6.07) is 8.36. The van der Waals surface area contributed by atoms with Crippen LogP contribution in [0.5, 0.6) is 0 Å². The number of carbonyl (C=O) groups is 1. The van der Waals surface area contributed by atoms with Crippen molar-refractivity contribution >= 4 is 11.6 Å². The molecular formula is C20H30N6O3. The summed E-state index contributed by atoms with van der Waals surface area (Å²) in [6.45, 7) is 1.15. The van der Waals surface area contributed by atoms with Gasteiger partial charge in [-0.2, -0.15) is 9.36 Å². The molecular weight excluding hydrogens is 372 g/mol. The number of aromatic nitrogens is 4. The zero-order chi connectivity index (χ0) is 25.9. The van der Waals surface area contributed by atoms with Gasteiger partial charge in [-0.25, -0.2) is 4.79 Å². The Hall–Kier alpha value is -2.52. The number of benzene rings is 1. The molecule has 1 aromatic heterocycles. The largest absolute Gasteiger partial charge is 0.363 e. The van der Waals surface area contributed by atoms with Gasteiger partial charge in [-0.1, -0.05) is 25.1 Å². The zero-order valence-corrected chi connectivity index (χ0v) is 16.5. The Balaban J connectivity index is 1.84. The summed E-state index contributed by atoms with van der Waals surface area (Å²) in [7, 11) is -2.82. The fraction of sp³-hybridized carbons (Fsp3) is 0.600. The first-order valence-corrected chi connectivity index (χ1v) is 9.65. The van der Waals surface area contributed by atoms with Gasteiger partial charge < -0.3 is 9.64 Å². The van der Waals surface area contributed by atoms with E-state index in [1.54, 1.807) is 37.3 Å². The van der Waals surface area contributed by atoms with Gasteiger partial charge >= 0.3 is 5.69 Å². The van der Waals surface area contributed by atoms with Crippen molar-refractivity contribution in [1.29, 1.82) is 0 Å². The quantitative estimate of drug-likeness (QED) is 0.613. The summed E-state index contributed by atoms with van der Waals surface area (Å²) in [5.74, 6) is -0.739. The van der Waals surface area contributed by atoms with Crippen molar-refractivity contribution in [2.75, 3.05) is 31.6 Å². The molecule has 2 aromatic rings. The van der Waals surface area contributed by atoms with Gasteiger partial charge in [-0.05, 0) is 29.5 Å². The maximum absolute atomic E-state index is 13.2. The van der Waals surface area contributed by atoms with Gasteiger partial charge in [0.1, 0.15) is 5.72 Å². The molecule has 0 aliphatic carbocycles. The van der Waals surface area contributed by atoms with Crippen molar-refractivity contribution in [2.45, 2.75) is 51.9 Å². The standard InChI is InChI=1S/C20H30N6O3/c1-4-18(27)26(17-9-7-6-8-10-17)20(29-3)11-13-23(14-12-20)15-16-25-19(28)24(5-2)21-22-25/h6-10H,4-5,11-16H2,1-3H3/i1D3,3D3. The van der Waals surface area contributed by atoms with Crippen LogP contribution in [0, 0.1) is 0 Å². The van der Waals surface area contributed by atoms with Crippen molar-refractivity contribution in [3.8, 4) is 0 Å². The van der Waals surface area contributed by atoms with Crippen LogP contribution in [-0.4, -0.2) is 63.0 Å². The molecule has 0 atom stereocenters. The number of hydrogen-bond acceptors (Lipinski definition) is 6. The van der Waals surface area contributed by atoms with Crippen molar-refractivity contribution in [1.82, 2.24) is 24.7 Å². The molecule has 0 spiro atoms. The lowest BCUT2D eigenvalue weighted by Crippen LogP contribution is -2.59. The second-order valence-corrected chi connectivity index (χ2v) is 6.93. The predicted octanol–water partition coefficient (Wildman–Crippen LogP) is 1.34. The smallest absolute Gasteiger partial charge is 0.358 e. The number of aryl methyl sites for hydroxylation is 1.